The highest BCUT2D eigenvalue weighted by Crippen LogP contribution is 2.28. The van der Waals surface area contributed by atoms with Gasteiger partial charge in [0.15, 0.2) is 0 Å². The molecule has 0 aromatic heterocycles. The van der Waals surface area contributed by atoms with Gasteiger partial charge in [-0.15, -0.1) is 0 Å². The van der Waals surface area contributed by atoms with E-state index >= 15 is 0 Å². The zero-order chi connectivity index (χ0) is 16.1. The molecule has 1 saturated heterocycles. The average Bonchev–Trinajstić information content (AvgIpc) is 2.61. The van der Waals surface area contributed by atoms with Crippen molar-refractivity contribution in [2.45, 2.75) is 31.2 Å². The van der Waals surface area contributed by atoms with Crippen LogP contribution in [0.1, 0.15) is 36.3 Å². The van der Waals surface area contributed by atoms with Crippen LogP contribution in [0.25, 0.3) is 0 Å². The second kappa shape index (κ2) is 7.42. The van der Waals surface area contributed by atoms with Crippen LogP contribution < -0.4 is 0 Å². The molecular formula is C20H23NO2. The Hall–Kier alpha value is -2.13. The molecule has 3 nitrogen and oxygen atoms in total. The van der Waals surface area contributed by atoms with Crippen molar-refractivity contribution in [3.8, 4) is 0 Å². The quantitative estimate of drug-likeness (QED) is 0.914. The van der Waals surface area contributed by atoms with Gasteiger partial charge >= 0.3 is 5.97 Å². The SMILES string of the molecule is O=C(O)C1CCCCN1CC(c1ccccc1)c1ccccc1. The van der Waals surface area contributed by atoms with Gasteiger partial charge in [0, 0.05) is 12.5 Å². The van der Waals surface area contributed by atoms with E-state index in [0.29, 0.717) is 0 Å². The smallest absolute Gasteiger partial charge is 0.320 e. The average molecular weight is 309 g/mol. The summed E-state index contributed by atoms with van der Waals surface area (Å²) in [4.78, 5) is 13.7. The number of carbonyl (C=O) groups is 1. The second-order valence-corrected chi connectivity index (χ2v) is 6.22. The van der Waals surface area contributed by atoms with Crippen LogP contribution in [0, 0.1) is 0 Å². The van der Waals surface area contributed by atoms with Gasteiger partial charge in [-0.3, -0.25) is 9.69 Å². The van der Waals surface area contributed by atoms with Crippen LogP contribution in [0.3, 0.4) is 0 Å². The fraction of sp³-hybridized carbons (Fsp3) is 0.350. The van der Waals surface area contributed by atoms with Gasteiger partial charge in [-0.1, -0.05) is 67.1 Å². The molecule has 1 fully saturated rings. The molecule has 1 atom stereocenters. The number of rotatable bonds is 5. The summed E-state index contributed by atoms with van der Waals surface area (Å²) in [5.74, 6) is -0.484. The summed E-state index contributed by atoms with van der Waals surface area (Å²) in [6.45, 7) is 1.62. The van der Waals surface area contributed by atoms with E-state index < -0.39 is 5.97 Å². The molecule has 0 saturated carbocycles. The molecule has 1 unspecified atom stereocenters. The fourth-order valence-electron chi connectivity index (χ4n) is 3.50. The minimum absolute atomic E-state index is 0.206. The number of benzene rings is 2. The van der Waals surface area contributed by atoms with Crippen LogP contribution in [-0.4, -0.2) is 35.1 Å². The zero-order valence-electron chi connectivity index (χ0n) is 13.3. The lowest BCUT2D eigenvalue weighted by molar-refractivity contribution is -0.144. The first-order chi connectivity index (χ1) is 11.3. The van der Waals surface area contributed by atoms with Crippen LogP contribution in [-0.2, 0) is 4.79 Å². The molecule has 2 aromatic rings. The Bertz CT molecular complexity index is 587. The van der Waals surface area contributed by atoms with E-state index in [-0.39, 0.29) is 12.0 Å². The molecule has 0 amide bonds. The first kappa shape index (κ1) is 15.8. The van der Waals surface area contributed by atoms with E-state index in [2.05, 4.69) is 53.4 Å². The van der Waals surface area contributed by atoms with Crippen LogP contribution in [0.15, 0.2) is 60.7 Å². The minimum Gasteiger partial charge on any atom is -0.480 e. The highest BCUT2D eigenvalue weighted by Gasteiger charge is 2.30. The van der Waals surface area contributed by atoms with Gasteiger partial charge in [-0.05, 0) is 30.5 Å². The lowest BCUT2D eigenvalue weighted by atomic mass is 9.89. The topological polar surface area (TPSA) is 40.5 Å². The van der Waals surface area contributed by atoms with Gasteiger partial charge < -0.3 is 5.11 Å². The van der Waals surface area contributed by atoms with E-state index in [0.717, 1.165) is 32.4 Å². The van der Waals surface area contributed by atoms with Crippen LogP contribution in [0.4, 0.5) is 0 Å². The van der Waals surface area contributed by atoms with Gasteiger partial charge in [-0.2, -0.15) is 0 Å². The van der Waals surface area contributed by atoms with E-state index in [1.165, 1.54) is 11.1 Å². The third-order valence-corrected chi connectivity index (χ3v) is 4.72. The second-order valence-electron chi connectivity index (χ2n) is 6.22. The number of carboxylic acid groups (broad SMARTS) is 1. The molecule has 0 radical (unpaired) electrons. The summed E-state index contributed by atoms with van der Waals surface area (Å²) in [7, 11) is 0. The van der Waals surface area contributed by atoms with Gasteiger partial charge in [-0.25, -0.2) is 0 Å². The highest BCUT2D eigenvalue weighted by molar-refractivity contribution is 5.73. The minimum atomic E-state index is -0.690. The van der Waals surface area contributed by atoms with Gasteiger partial charge in [0.2, 0.25) is 0 Å². The number of likely N-dealkylation sites (tertiary alicyclic amines) is 1. The number of hydrogen-bond acceptors (Lipinski definition) is 2. The molecule has 0 bridgehead atoms. The third-order valence-electron chi connectivity index (χ3n) is 4.72. The van der Waals surface area contributed by atoms with E-state index in [4.69, 9.17) is 0 Å². The summed E-state index contributed by atoms with van der Waals surface area (Å²) in [5, 5.41) is 9.52. The number of aliphatic carboxylic acids is 1. The van der Waals surface area contributed by atoms with Crippen molar-refractivity contribution >= 4 is 5.97 Å². The summed E-state index contributed by atoms with van der Waals surface area (Å²) >= 11 is 0. The first-order valence-electron chi connectivity index (χ1n) is 8.32. The fourth-order valence-corrected chi connectivity index (χ4v) is 3.50. The van der Waals surface area contributed by atoms with E-state index in [1.54, 1.807) is 0 Å². The Morgan fingerprint density at radius 2 is 1.57 bits per heavy atom. The van der Waals surface area contributed by atoms with E-state index in [9.17, 15) is 9.90 Å². The van der Waals surface area contributed by atoms with Gasteiger partial charge in [0.1, 0.15) is 6.04 Å². The lowest BCUT2D eigenvalue weighted by Gasteiger charge is -2.35. The Balaban J connectivity index is 1.88. The van der Waals surface area contributed by atoms with Crippen LogP contribution in [0.5, 0.6) is 0 Å². The molecule has 3 heteroatoms. The molecule has 1 heterocycles. The standard InChI is InChI=1S/C20H23NO2/c22-20(23)19-13-7-8-14-21(19)15-18(16-9-3-1-4-10-16)17-11-5-2-6-12-17/h1-6,9-12,18-19H,7-8,13-15H2,(H,22,23). The number of piperidine rings is 1. The molecule has 1 aliphatic rings. The molecule has 1 aliphatic heterocycles. The summed E-state index contributed by atoms with van der Waals surface area (Å²) in [6, 6.07) is 20.4. The maximum atomic E-state index is 11.6. The number of hydrogen-bond donors (Lipinski definition) is 1. The number of carboxylic acids is 1. The summed E-state index contributed by atoms with van der Waals surface area (Å²) in [5.41, 5.74) is 2.49. The van der Waals surface area contributed by atoms with Crippen molar-refractivity contribution in [2.75, 3.05) is 13.1 Å². The van der Waals surface area contributed by atoms with Crippen molar-refractivity contribution in [2.24, 2.45) is 0 Å². The predicted octanol–water partition coefficient (Wildman–Crippen LogP) is 3.76. The highest BCUT2D eigenvalue weighted by atomic mass is 16.4. The predicted molar refractivity (Wildman–Crippen MR) is 91.6 cm³/mol. The molecule has 0 spiro atoms. The Kier molecular flexibility index (Phi) is 5.09. The first-order valence-corrected chi connectivity index (χ1v) is 8.32. The van der Waals surface area contributed by atoms with E-state index in [1.807, 2.05) is 12.1 Å². The molecule has 3 rings (SSSR count). The summed E-state index contributed by atoms with van der Waals surface area (Å²) < 4.78 is 0. The van der Waals surface area contributed by atoms with Gasteiger partial charge in [0.25, 0.3) is 0 Å². The molecule has 2 aromatic carbocycles. The third kappa shape index (κ3) is 3.80. The molecule has 1 N–H and O–H groups in total. The van der Waals surface area contributed by atoms with Crippen molar-refractivity contribution in [1.29, 1.82) is 0 Å². The van der Waals surface area contributed by atoms with Crippen molar-refractivity contribution < 1.29 is 9.90 Å². The maximum absolute atomic E-state index is 11.6. The largest absolute Gasteiger partial charge is 0.480 e. The molecular weight excluding hydrogens is 286 g/mol. The van der Waals surface area contributed by atoms with Crippen molar-refractivity contribution in [1.82, 2.24) is 4.90 Å². The van der Waals surface area contributed by atoms with Crippen molar-refractivity contribution in [3.05, 3.63) is 71.8 Å². The lowest BCUT2D eigenvalue weighted by Crippen LogP contribution is -2.46. The monoisotopic (exact) mass is 309 g/mol. The molecule has 0 aliphatic carbocycles. The van der Waals surface area contributed by atoms with Crippen LogP contribution in [0.2, 0.25) is 0 Å². The Labute approximate surface area is 137 Å². The van der Waals surface area contributed by atoms with Crippen LogP contribution >= 0.6 is 0 Å². The molecule has 23 heavy (non-hydrogen) atoms. The Morgan fingerprint density at radius 1 is 1.00 bits per heavy atom. The van der Waals surface area contributed by atoms with Crippen molar-refractivity contribution in [3.63, 3.8) is 0 Å². The number of nitrogens with zero attached hydrogens (tertiary/aromatic N) is 1. The maximum Gasteiger partial charge on any atom is 0.320 e. The van der Waals surface area contributed by atoms with Gasteiger partial charge in [0.05, 0.1) is 0 Å². The molecule has 120 valence electrons. The normalized spacial score (nSPS) is 18.9. The zero-order valence-corrected chi connectivity index (χ0v) is 13.3. The summed E-state index contributed by atoms with van der Waals surface area (Å²) in [6.07, 6.45) is 2.85. The Morgan fingerprint density at radius 3 is 2.09 bits per heavy atom.